The molecule has 3 rings (SSSR count). The minimum Gasteiger partial charge on any atom is -0.480 e. The summed E-state index contributed by atoms with van der Waals surface area (Å²) < 4.78 is 9.82. The number of carbonyl (C=O) groups is 6. The number of hydrogen-bond acceptors (Lipinski definition) is 15. The van der Waals surface area contributed by atoms with E-state index in [1.54, 1.807) is 44.3 Å². The number of nitrogens with one attached hydrogen (secondary N) is 2. The van der Waals surface area contributed by atoms with Crippen LogP contribution in [0.4, 0.5) is 0 Å². The zero-order valence-electron chi connectivity index (χ0n) is 30.8. The first kappa shape index (κ1) is 48.2. The van der Waals surface area contributed by atoms with Gasteiger partial charge in [-0.3, -0.25) is 14.4 Å². The summed E-state index contributed by atoms with van der Waals surface area (Å²) in [5.41, 5.74) is 28.7. The van der Waals surface area contributed by atoms with Crippen molar-refractivity contribution < 1.29 is 53.6 Å². The van der Waals surface area contributed by atoms with Crippen LogP contribution in [0.25, 0.3) is 0 Å². The summed E-state index contributed by atoms with van der Waals surface area (Å²) >= 11 is 0. The van der Waals surface area contributed by atoms with E-state index in [1.807, 2.05) is 13.8 Å². The second-order valence-electron chi connectivity index (χ2n) is 12.6. The molecule has 1 saturated heterocycles. The highest BCUT2D eigenvalue weighted by Gasteiger charge is 2.27. The van der Waals surface area contributed by atoms with Crippen molar-refractivity contribution in [3.8, 4) is 5.75 Å². The zero-order chi connectivity index (χ0) is 40.8. The van der Waals surface area contributed by atoms with Gasteiger partial charge in [0.05, 0.1) is 6.33 Å². The molecule has 0 unspecified atom stereocenters. The fraction of sp³-hybridized carbons (Fsp3) is 0.559. The number of hydrogen-bond donors (Lipinski definition) is 10. The number of nitrogens with zero attached hydrogens (tertiary/aromatic N) is 1. The van der Waals surface area contributed by atoms with Gasteiger partial charge in [0, 0.05) is 18.3 Å². The van der Waals surface area contributed by atoms with Gasteiger partial charge >= 0.3 is 35.8 Å². The van der Waals surface area contributed by atoms with Gasteiger partial charge in [-0.1, -0.05) is 46.2 Å². The average molecular weight is 753 g/mol. The lowest BCUT2D eigenvalue weighted by atomic mass is 10.0. The lowest BCUT2D eigenvalue weighted by molar-refractivity contribution is -0.163. The number of aromatic amines is 1. The number of nitrogens with two attached hydrogens (primary N) is 5. The summed E-state index contributed by atoms with van der Waals surface area (Å²) in [5.74, 6) is -4.47. The summed E-state index contributed by atoms with van der Waals surface area (Å²) in [4.78, 5) is 71.9. The van der Waals surface area contributed by atoms with Crippen LogP contribution >= 0.6 is 0 Å². The molecule has 0 bridgehead atoms. The average Bonchev–Trinajstić information content (AvgIpc) is 3.84. The number of imidazole rings is 1. The summed E-state index contributed by atoms with van der Waals surface area (Å²) in [5, 5.41) is 27.8. The van der Waals surface area contributed by atoms with Gasteiger partial charge in [-0.15, -0.1) is 0 Å². The Hall–Kier alpha value is -4.79. The van der Waals surface area contributed by atoms with Crippen LogP contribution in [0.3, 0.4) is 0 Å². The van der Waals surface area contributed by atoms with Crippen molar-refractivity contribution in [2.24, 2.45) is 40.5 Å². The van der Waals surface area contributed by atoms with Crippen LogP contribution in [-0.2, 0) is 46.3 Å². The van der Waals surface area contributed by atoms with E-state index in [2.05, 4.69) is 20.0 Å². The fourth-order valence-corrected chi connectivity index (χ4v) is 3.83. The maximum absolute atomic E-state index is 11.9. The zero-order valence-corrected chi connectivity index (χ0v) is 30.8. The molecule has 0 amide bonds. The van der Waals surface area contributed by atoms with Crippen LogP contribution in [0.2, 0.25) is 0 Å². The molecule has 2 heterocycles. The summed E-state index contributed by atoms with van der Waals surface area (Å²) in [6, 6.07) is 2.13. The highest BCUT2D eigenvalue weighted by Crippen LogP contribution is 2.14. The predicted octanol–water partition coefficient (Wildman–Crippen LogP) is -0.506. The number of aromatic nitrogens is 2. The van der Waals surface area contributed by atoms with Gasteiger partial charge in [0.25, 0.3) is 0 Å². The standard InChI is InChI=1S/C15H18N4O4.C11H22N2O3.C5H9NO2.C3H7NO2/c16-12(14(20)21)5-9-1-3-11(4-2-9)23-15(22)13(17)6-10-7-18-8-19-10;1-5-7(4)9(13)11(15)16-10(14)8(12)6(2)3;7-5(8)4-2-1-3-6-4;1-2(4)3(5)6/h1-4,7-8,12-13H,5-6,16-17H2,(H,18,19)(H,20,21);6-9H,5,12-13H2,1-4H3;4,6H,1-3H2,(H,7,8);2H,4H2,1H3,(H,5,6)/t12-,13-;7-,8-,9-;4-;2-/m0001/s1. The Bertz CT molecular complexity index is 1420. The van der Waals surface area contributed by atoms with E-state index in [-0.39, 0.29) is 24.3 Å². The molecule has 1 aliphatic rings. The Morgan fingerprint density at radius 1 is 0.830 bits per heavy atom. The Kier molecular flexibility index (Phi) is 23.0. The molecule has 0 aliphatic carbocycles. The van der Waals surface area contributed by atoms with Gasteiger partial charge in [0.1, 0.15) is 42.0 Å². The number of ether oxygens (including phenoxy) is 2. The normalized spacial score (nSPS) is 16.6. The molecule has 1 fully saturated rings. The Balaban J connectivity index is 0.000000775. The van der Waals surface area contributed by atoms with Crippen molar-refractivity contribution in [2.75, 3.05) is 6.54 Å². The minimum absolute atomic E-state index is 0.0180. The molecular weight excluding hydrogens is 696 g/mol. The quantitative estimate of drug-likeness (QED) is 0.0660. The van der Waals surface area contributed by atoms with Crippen molar-refractivity contribution in [1.29, 1.82) is 0 Å². The second kappa shape index (κ2) is 25.2. The van der Waals surface area contributed by atoms with Gasteiger partial charge in [-0.25, -0.2) is 19.4 Å². The number of carboxylic acids is 3. The van der Waals surface area contributed by atoms with Gasteiger partial charge in [0.15, 0.2) is 0 Å². The number of carboxylic acid groups (broad SMARTS) is 3. The Labute approximate surface area is 308 Å². The molecule has 2 aromatic rings. The first-order chi connectivity index (χ1) is 24.7. The maximum atomic E-state index is 11.9. The van der Waals surface area contributed by atoms with E-state index < -0.39 is 66.0 Å². The third kappa shape index (κ3) is 20.1. The molecule has 15 N–H and O–H groups in total. The fourth-order valence-electron chi connectivity index (χ4n) is 3.83. The molecule has 53 heavy (non-hydrogen) atoms. The summed E-state index contributed by atoms with van der Waals surface area (Å²) in [6.07, 6.45) is 6.13. The molecule has 1 aliphatic heterocycles. The largest absolute Gasteiger partial charge is 0.480 e. The van der Waals surface area contributed by atoms with Gasteiger partial charge in [-0.2, -0.15) is 0 Å². The lowest BCUT2D eigenvalue weighted by Crippen LogP contribution is -2.44. The maximum Gasteiger partial charge on any atom is 0.330 e. The Morgan fingerprint density at radius 2 is 1.40 bits per heavy atom. The van der Waals surface area contributed by atoms with E-state index >= 15 is 0 Å². The number of H-pyrrole nitrogens is 1. The van der Waals surface area contributed by atoms with Gasteiger partial charge < -0.3 is 63.8 Å². The van der Waals surface area contributed by atoms with E-state index in [1.165, 1.54) is 13.3 Å². The molecule has 19 nitrogen and oxygen atoms in total. The molecule has 19 heteroatoms. The third-order valence-electron chi connectivity index (χ3n) is 7.68. The molecule has 298 valence electrons. The van der Waals surface area contributed by atoms with Crippen LogP contribution in [-0.4, -0.2) is 104 Å². The van der Waals surface area contributed by atoms with E-state index in [4.69, 9.17) is 48.7 Å². The molecular formula is C34H56N8O11. The first-order valence-corrected chi connectivity index (χ1v) is 16.9. The second-order valence-corrected chi connectivity index (χ2v) is 12.6. The van der Waals surface area contributed by atoms with E-state index in [0.717, 1.165) is 37.1 Å². The van der Waals surface area contributed by atoms with E-state index in [0.29, 0.717) is 12.2 Å². The predicted molar refractivity (Wildman–Crippen MR) is 193 cm³/mol. The van der Waals surface area contributed by atoms with Crippen LogP contribution in [0.1, 0.15) is 65.1 Å². The molecule has 0 radical (unpaired) electrons. The number of benzene rings is 1. The van der Waals surface area contributed by atoms with Crippen molar-refractivity contribution >= 4 is 35.8 Å². The molecule has 1 aromatic heterocycles. The van der Waals surface area contributed by atoms with Gasteiger partial charge in [-0.05, 0) is 62.3 Å². The summed E-state index contributed by atoms with van der Waals surface area (Å²) in [6.45, 7) is 9.59. The smallest absolute Gasteiger partial charge is 0.330 e. The minimum atomic E-state index is -1.06. The van der Waals surface area contributed by atoms with Crippen LogP contribution in [0, 0.1) is 11.8 Å². The van der Waals surface area contributed by atoms with Crippen molar-refractivity contribution in [1.82, 2.24) is 15.3 Å². The van der Waals surface area contributed by atoms with Crippen molar-refractivity contribution in [3.63, 3.8) is 0 Å². The summed E-state index contributed by atoms with van der Waals surface area (Å²) in [7, 11) is 0. The molecule has 0 spiro atoms. The highest BCUT2D eigenvalue weighted by atomic mass is 16.6. The number of carbonyl (C=O) groups excluding carboxylic acids is 3. The number of aliphatic carboxylic acids is 3. The van der Waals surface area contributed by atoms with E-state index in [9.17, 15) is 28.8 Å². The van der Waals surface area contributed by atoms with Crippen molar-refractivity contribution in [2.45, 2.75) is 103 Å². The topological polar surface area (TPSA) is 352 Å². The molecule has 7 atom stereocenters. The van der Waals surface area contributed by atoms with Crippen LogP contribution in [0.15, 0.2) is 36.8 Å². The van der Waals surface area contributed by atoms with Gasteiger partial charge in [0.2, 0.25) is 0 Å². The third-order valence-corrected chi connectivity index (χ3v) is 7.68. The van der Waals surface area contributed by atoms with Crippen LogP contribution < -0.4 is 38.7 Å². The first-order valence-electron chi connectivity index (χ1n) is 16.9. The Morgan fingerprint density at radius 3 is 1.79 bits per heavy atom. The number of esters is 3. The number of rotatable bonds is 14. The lowest BCUT2D eigenvalue weighted by Gasteiger charge is -2.18. The molecule has 0 saturated carbocycles. The van der Waals surface area contributed by atoms with Crippen LogP contribution in [0.5, 0.6) is 5.75 Å². The monoisotopic (exact) mass is 752 g/mol. The highest BCUT2D eigenvalue weighted by molar-refractivity contribution is 5.90. The van der Waals surface area contributed by atoms with Crippen molar-refractivity contribution in [3.05, 3.63) is 48.0 Å². The SMILES string of the molecule is CC[C@H](C)[C@H](N)C(=O)OC(=O)[C@@H](N)C(C)C.C[C@@H](N)C(=O)O.N[C@@H](Cc1ccc(OC(=O)[C@@H](N)Cc2cnc[nH]2)cc1)C(=O)O.O=C(O)[C@@H]1CCCN1. The molecule has 1 aromatic carbocycles.